The average molecular weight is 275 g/mol. The van der Waals surface area contributed by atoms with Gasteiger partial charge in [0.2, 0.25) is 8.32 Å². The molecule has 4 heteroatoms. The summed E-state index contributed by atoms with van der Waals surface area (Å²) in [5, 5.41) is 0.0208. The van der Waals surface area contributed by atoms with Crippen LogP contribution in [0.4, 0.5) is 0 Å². The fourth-order valence-electron chi connectivity index (χ4n) is 0.952. The maximum Gasteiger partial charge on any atom is 0.293 e. The van der Waals surface area contributed by atoms with Gasteiger partial charge in [-0.15, -0.1) is 0 Å². The van der Waals surface area contributed by atoms with E-state index in [1.807, 2.05) is 33.9 Å². The third-order valence-electron chi connectivity index (χ3n) is 3.29. The minimum atomic E-state index is -2.11. The summed E-state index contributed by atoms with van der Waals surface area (Å²) in [6, 6.07) is 0. The van der Waals surface area contributed by atoms with Crippen molar-refractivity contribution in [2.45, 2.75) is 77.9 Å². The zero-order valence-electron chi connectivity index (χ0n) is 13.0. The number of carbonyl (C=O) groups is 1. The van der Waals surface area contributed by atoms with Gasteiger partial charge in [0, 0.05) is 0 Å². The molecule has 1 aliphatic rings. The first kappa shape index (κ1) is 20.0. The number of hydrogen-bond donors (Lipinski definition) is 0. The van der Waals surface area contributed by atoms with Gasteiger partial charge in [0.15, 0.2) is 0 Å². The first-order chi connectivity index (χ1) is 8.16. The summed E-state index contributed by atoms with van der Waals surface area (Å²) in [5.74, 6) is 0. The molecule has 18 heavy (non-hydrogen) atoms. The number of rotatable bonds is 2. The van der Waals surface area contributed by atoms with E-state index in [4.69, 9.17) is 0 Å². The van der Waals surface area contributed by atoms with Crippen LogP contribution >= 0.6 is 0 Å². The highest BCUT2D eigenvalue weighted by atomic mass is 28.4. The summed E-state index contributed by atoms with van der Waals surface area (Å²) in [4.78, 5) is 20.4. The summed E-state index contributed by atoms with van der Waals surface area (Å²) >= 11 is 0. The normalized spacial score (nSPS) is 14.8. The Morgan fingerprint density at radius 1 is 1.06 bits per heavy atom. The van der Waals surface area contributed by atoms with Crippen molar-refractivity contribution in [1.82, 2.24) is 0 Å². The number of carbonyl (C=O) groups excluding carboxylic acids is 1. The van der Waals surface area contributed by atoms with Gasteiger partial charge in [0.25, 0.3) is 6.47 Å². The molecule has 1 rings (SSSR count). The molecule has 0 bridgehead atoms. The zero-order chi connectivity index (χ0) is 14.7. The maximum atomic E-state index is 11.3. The van der Waals surface area contributed by atoms with Gasteiger partial charge in [-0.2, -0.15) is 0 Å². The molecule has 1 fully saturated rings. The van der Waals surface area contributed by atoms with E-state index in [0.29, 0.717) is 13.1 Å². The van der Waals surface area contributed by atoms with Gasteiger partial charge in [-0.3, -0.25) is 9.59 Å². The smallest absolute Gasteiger partial charge is 0.293 e. The molecule has 0 aromatic carbocycles. The van der Waals surface area contributed by atoms with Crippen molar-refractivity contribution in [3.05, 3.63) is 0 Å². The van der Waals surface area contributed by atoms with E-state index in [-0.39, 0.29) is 5.04 Å². The van der Waals surface area contributed by atoms with Crippen LogP contribution in [0.2, 0.25) is 18.1 Å². The fraction of sp³-hybridized carbons (Fsp3) is 0.929. The van der Waals surface area contributed by atoms with Gasteiger partial charge >= 0.3 is 0 Å². The third kappa shape index (κ3) is 13.7. The second kappa shape index (κ2) is 10.6. The van der Waals surface area contributed by atoms with E-state index >= 15 is 0 Å². The maximum absolute atomic E-state index is 11.3. The van der Waals surface area contributed by atoms with Crippen LogP contribution in [0.15, 0.2) is 0 Å². The summed E-state index contributed by atoms with van der Waals surface area (Å²) in [5.41, 5.74) is 0. The van der Waals surface area contributed by atoms with Gasteiger partial charge in [0.05, 0.1) is 6.61 Å². The van der Waals surface area contributed by atoms with Crippen molar-refractivity contribution >= 4 is 14.8 Å². The molecule has 0 unspecified atom stereocenters. The summed E-state index contributed by atoms with van der Waals surface area (Å²) in [6.45, 7) is 12.4. The predicted molar refractivity (Wildman–Crippen MR) is 78.7 cm³/mol. The van der Waals surface area contributed by atoms with E-state index in [1.54, 1.807) is 6.92 Å². The Morgan fingerprint density at radius 2 is 1.33 bits per heavy atom. The van der Waals surface area contributed by atoms with Gasteiger partial charge in [-0.1, -0.05) is 52.9 Å². The Bertz CT molecular complexity index is 169. The molecule has 1 aliphatic carbocycles. The van der Waals surface area contributed by atoms with Crippen LogP contribution in [0.1, 0.15) is 59.8 Å². The molecule has 3 nitrogen and oxygen atoms in total. The molecule has 0 aliphatic heterocycles. The summed E-state index contributed by atoms with van der Waals surface area (Å²) in [7, 11) is -2.11. The lowest BCUT2D eigenvalue weighted by molar-refractivity contribution is -0.128. The molecule has 0 saturated heterocycles. The quantitative estimate of drug-likeness (QED) is 0.548. The second-order valence-electron chi connectivity index (χ2n) is 6.08. The Labute approximate surface area is 114 Å². The molecular weight excluding hydrogens is 244 g/mol. The van der Waals surface area contributed by atoms with Crippen LogP contribution in [0.25, 0.3) is 0 Å². The molecule has 109 valence electrons. The monoisotopic (exact) mass is 275 g/mol. The Hall–Kier alpha value is -0.353. The van der Waals surface area contributed by atoms with E-state index in [0.717, 1.165) is 0 Å². The Kier molecular flexibility index (Phi) is 11.7. The lowest BCUT2D eigenvalue weighted by Gasteiger charge is -2.27. The van der Waals surface area contributed by atoms with Gasteiger partial charge in [-0.25, -0.2) is 0 Å². The zero-order valence-corrected chi connectivity index (χ0v) is 14.0. The highest BCUT2D eigenvalue weighted by Gasteiger charge is 2.35. The van der Waals surface area contributed by atoms with Crippen molar-refractivity contribution in [1.29, 1.82) is 0 Å². The van der Waals surface area contributed by atoms with Crippen LogP contribution in [0, 0.1) is 0 Å². The topological polar surface area (TPSA) is 46.2 Å². The number of ether oxygens (including phenoxy) is 1. The van der Waals surface area contributed by atoms with Crippen molar-refractivity contribution < 1.29 is 14.3 Å². The first-order valence-electron chi connectivity index (χ1n) is 6.92. The summed E-state index contributed by atoms with van der Waals surface area (Å²) < 4.78 is 4.15. The largest absolute Gasteiger partial charge is 0.468 e. The minimum absolute atomic E-state index is 0.0208. The highest BCUT2D eigenvalue weighted by Crippen LogP contribution is 2.33. The first-order valence-corrected chi connectivity index (χ1v) is 9.83. The standard InChI is InChI=1S/C6H15OSi.C5H10.C3H6O2/c1-6(2,3)8(4,5)7;1-2-4-5-3-1;1-2-5-3-4/h1-5H3;1-5H2;3H,2H2,1H3. The van der Waals surface area contributed by atoms with Crippen LogP contribution in [-0.4, -0.2) is 21.4 Å². The Balaban J connectivity index is 0. The molecule has 0 spiro atoms. The van der Waals surface area contributed by atoms with Gasteiger partial charge in [0.1, 0.15) is 0 Å². The molecular formula is C14H31O3Si. The second-order valence-corrected chi connectivity index (χ2v) is 10.6. The SMILES string of the molecule is C1CCCC1.CC(C)(C)[Si](C)(C)[O].CCOC=O. The van der Waals surface area contributed by atoms with E-state index < -0.39 is 8.32 Å². The molecule has 0 atom stereocenters. The van der Waals surface area contributed by atoms with Crippen molar-refractivity contribution in [2.24, 2.45) is 0 Å². The van der Waals surface area contributed by atoms with E-state index in [2.05, 4.69) is 4.74 Å². The highest BCUT2D eigenvalue weighted by molar-refractivity contribution is 6.72. The third-order valence-corrected chi connectivity index (χ3v) is 6.90. The van der Waals surface area contributed by atoms with E-state index in [1.165, 1.54) is 32.1 Å². The molecule has 0 aromatic heterocycles. The predicted octanol–water partition coefficient (Wildman–Crippen LogP) is 4.55. The lowest BCUT2D eigenvalue weighted by atomic mass is 10.2. The van der Waals surface area contributed by atoms with Crippen molar-refractivity contribution in [2.75, 3.05) is 6.61 Å². The van der Waals surface area contributed by atoms with Gasteiger partial charge in [-0.05, 0) is 25.1 Å². The molecule has 0 heterocycles. The van der Waals surface area contributed by atoms with Crippen molar-refractivity contribution in [3.8, 4) is 0 Å². The Morgan fingerprint density at radius 3 is 1.39 bits per heavy atom. The summed E-state index contributed by atoms with van der Waals surface area (Å²) in [6.07, 6.45) is 7.50. The molecule has 1 radical (unpaired) electrons. The van der Waals surface area contributed by atoms with Crippen LogP contribution in [0.5, 0.6) is 0 Å². The lowest BCUT2D eigenvalue weighted by Crippen LogP contribution is -2.35. The minimum Gasteiger partial charge on any atom is -0.468 e. The van der Waals surface area contributed by atoms with Crippen LogP contribution in [0.3, 0.4) is 0 Å². The molecule has 1 saturated carbocycles. The van der Waals surface area contributed by atoms with Crippen LogP contribution < -0.4 is 0 Å². The van der Waals surface area contributed by atoms with E-state index in [9.17, 15) is 9.59 Å². The molecule has 0 amide bonds. The molecule has 0 aromatic rings. The average Bonchev–Trinajstić information content (AvgIpc) is 2.74. The van der Waals surface area contributed by atoms with Crippen molar-refractivity contribution in [3.63, 3.8) is 0 Å². The van der Waals surface area contributed by atoms with Crippen LogP contribution in [-0.2, 0) is 14.3 Å². The molecule has 0 N–H and O–H groups in total. The van der Waals surface area contributed by atoms with Gasteiger partial charge < -0.3 is 4.74 Å². The number of hydrogen-bond acceptors (Lipinski definition) is 2. The fourth-order valence-corrected chi connectivity index (χ4v) is 0.952.